The van der Waals surface area contributed by atoms with E-state index in [-0.39, 0.29) is 5.91 Å². The Labute approximate surface area is 175 Å². The zero-order valence-electron chi connectivity index (χ0n) is 16.9. The molecule has 1 saturated carbocycles. The van der Waals surface area contributed by atoms with Gasteiger partial charge in [-0.2, -0.15) is 0 Å². The summed E-state index contributed by atoms with van der Waals surface area (Å²) in [5.74, 6) is 1.35. The molecule has 5 rings (SSSR count). The summed E-state index contributed by atoms with van der Waals surface area (Å²) in [7, 11) is 0. The lowest BCUT2D eigenvalue weighted by Crippen LogP contribution is -2.15. The first-order valence-corrected chi connectivity index (χ1v) is 10.9. The molecule has 0 saturated heterocycles. The van der Waals surface area contributed by atoms with Crippen LogP contribution in [-0.4, -0.2) is 20.4 Å². The van der Waals surface area contributed by atoms with Crippen LogP contribution >= 0.6 is 11.6 Å². The second-order valence-corrected chi connectivity index (χ2v) is 8.83. The summed E-state index contributed by atoms with van der Waals surface area (Å²) in [4.78, 5) is 23.2. The summed E-state index contributed by atoms with van der Waals surface area (Å²) in [5.41, 5.74) is 5.89. The van der Waals surface area contributed by atoms with E-state index in [1.54, 1.807) is 0 Å². The predicted molar refractivity (Wildman–Crippen MR) is 116 cm³/mol. The van der Waals surface area contributed by atoms with Crippen LogP contribution in [0.2, 0.25) is 5.02 Å². The predicted octanol–water partition coefficient (Wildman–Crippen LogP) is 5.56. The highest BCUT2D eigenvalue weighted by Crippen LogP contribution is 2.40. The molecule has 29 heavy (non-hydrogen) atoms. The number of fused-ring (bicyclic) bond motifs is 3. The standard InChI is InChI=1S/C23H25ClN4O/c1-13-10-14(2)20(17(24)11-13)27-23(29)16-12-18(15-7-8-15)25-22-21(16)26-19-6-4-3-5-9-28(19)22/h10-12,15H,3-9H2,1-2H3,(H,27,29). The molecule has 150 valence electrons. The van der Waals surface area contributed by atoms with E-state index in [1.165, 1.54) is 6.42 Å². The Morgan fingerprint density at radius 1 is 1.14 bits per heavy atom. The average Bonchev–Trinajstić information content (AvgIpc) is 3.49. The number of halogens is 1. The van der Waals surface area contributed by atoms with Crippen molar-refractivity contribution in [2.75, 3.05) is 5.32 Å². The van der Waals surface area contributed by atoms with Crippen molar-refractivity contribution in [1.82, 2.24) is 14.5 Å². The molecule has 1 N–H and O–H groups in total. The Balaban J connectivity index is 1.61. The van der Waals surface area contributed by atoms with Gasteiger partial charge in [0.2, 0.25) is 0 Å². The molecule has 0 bridgehead atoms. The number of aryl methyl sites for hydroxylation is 4. The second kappa shape index (κ2) is 7.13. The van der Waals surface area contributed by atoms with Gasteiger partial charge in [-0.05, 0) is 62.8 Å². The number of imidazole rings is 1. The van der Waals surface area contributed by atoms with Crippen LogP contribution in [0.15, 0.2) is 18.2 Å². The molecule has 0 unspecified atom stereocenters. The number of benzene rings is 1. The van der Waals surface area contributed by atoms with Crippen LogP contribution in [-0.2, 0) is 13.0 Å². The minimum Gasteiger partial charge on any atom is -0.320 e. The minimum atomic E-state index is -0.165. The van der Waals surface area contributed by atoms with E-state index in [2.05, 4.69) is 9.88 Å². The van der Waals surface area contributed by atoms with Crippen LogP contribution < -0.4 is 5.32 Å². The third-order valence-corrected chi connectivity index (χ3v) is 6.29. The molecule has 0 spiro atoms. The van der Waals surface area contributed by atoms with Gasteiger partial charge in [-0.15, -0.1) is 0 Å². The van der Waals surface area contributed by atoms with Crippen LogP contribution in [0.1, 0.15) is 71.0 Å². The van der Waals surface area contributed by atoms with E-state index in [1.807, 2.05) is 32.0 Å². The van der Waals surface area contributed by atoms with Gasteiger partial charge >= 0.3 is 0 Å². The molecule has 5 nitrogen and oxygen atoms in total. The summed E-state index contributed by atoms with van der Waals surface area (Å²) in [6, 6.07) is 5.85. The normalized spacial score (nSPS) is 16.5. The maximum atomic E-state index is 13.3. The molecule has 3 aromatic rings. The Kier molecular flexibility index (Phi) is 4.58. The van der Waals surface area contributed by atoms with Gasteiger partial charge in [-0.1, -0.05) is 24.1 Å². The molecule has 0 atom stereocenters. The van der Waals surface area contributed by atoms with E-state index in [9.17, 15) is 4.79 Å². The van der Waals surface area contributed by atoms with Gasteiger partial charge in [0.05, 0.1) is 16.3 Å². The van der Waals surface area contributed by atoms with Gasteiger partial charge in [0.25, 0.3) is 5.91 Å². The number of amides is 1. The second-order valence-electron chi connectivity index (χ2n) is 8.42. The maximum absolute atomic E-state index is 13.3. The van der Waals surface area contributed by atoms with E-state index < -0.39 is 0 Å². The van der Waals surface area contributed by atoms with Crippen molar-refractivity contribution in [3.63, 3.8) is 0 Å². The first-order valence-electron chi connectivity index (χ1n) is 10.5. The Morgan fingerprint density at radius 3 is 2.72 bits per heavy atom. The molecular weight excluding hydrogens is 384 g/mol. The molecule has 6 heteroatoms. The highest BCUT2D eigenvalue weighted by atomic mass is 35.5. The summed E-state index contributed by atoms with van der Waals surface area (Å²) in [6.07, 6.45) is 6.71. The van der Waals surface area contributed by atoms with Crippen molar-refractivity contribution in [3.05, 3.63) is 51.4 Å². The van der Waals surface area contributed by atoms with Crippen molar-refractivity contribution in [2.45, 2.75) is 64.8 Å². The van der Waals surface area contributed by atoms with Gasteiger partial charge < -0.3 is 9.88 Å². The number of nitrogens with one attached hydrogen (secondary N) is 1. The summed E-state index contributed by atoms with van der Waals surface area (Å²) in [6.45, 7) is 4.89. The third kappa shape index (κ3) is 3.42. The smallest absolute Gasteiger partial charge is 0.258 e. The van der Waals surface area contributed by atoms with Crippen LogP contribution in [0.3, 0.4) is 0 Å². The molecule has 1 fully saturated rings. The summed E-state index contributed by atoms with van der Waals surface area (Å²) >= 11 is 6.43. The highest BCUT2D eigenvalue weighted by molar-refractivity contribution is 6.34. The zero-order valence-corrected chi connectivity index (χ0v) is 17.6. The van der Waals surface area contributed by atoms with Crippen molar-refractivity contribution in [1.29, 1.82) is 0 Å². The molecule has 0 radical (unpaired) electrons. The quantitative estimate of drug-likeness (QED) is 0.617. The molecule has 1 amide bonds. The monoisotopic (exact) mass is 408 g/mol. The fourth-order valence-electron chi connectivity index (χ4n) is 4.33. The highest BCUT2D eigenvalue weighted by Gasteiger charge is 2.29. The molecule has 1 aliphatic carbocycles. The van der Waals surface area contributed by atoms with Gasteiger partial charge in [0.15, 0.2) is 5.65 Å². The first kappa shape index (κ1) is 18.6. The average molecular weight is 409 g/mol. The van der Waals surface area contributed by atoms with Gasteiger partial charge in [0.1, 0.15) is 11.3 Å². The van der Waals surface area contributed by atoms with E-state index >= 15 is 0 Å². The Bertz CT molecular complexity index is 1110. The number of carbonyl (C=O) groups excluding carboxylic acids is 1. The van der Waals surface area contributed by atoms with Gasteiger partial charge in [0, 0.05) is 24.6 Å². The SMILES string of the molecule is Cc1cc(C)c(NC(=O)c2cc(C3CC3)nc3c2nc2n3CCCCC2)c(Cl)c1. The minimum absolute atomic E-state index is 0.165. The summed E-state index contributed by atoms with van der Waals surface area (Å²) < 4.78 is 2.23. The summed E-state index contributed by atoms with van der Waals surface area (Å²) in [5, 5.41) is 3.60. The van der Waals surface area contributed by atoms with Crippen LogP contribution in [0.4, 0.5) is 5.69 Å². The molecule has 2 aromatic heterocycles. The van der Waals surface area contributed by atoms with Crippen molar-refractivity contribution in [3.8, 4) is 0 Å². The number of nitrogens with zero attached hydrogens (tertiary/aromatic N) is 3. The number of rotatable bonds is 3. The fourth-order valence-corrected chi connectivity index (χ4v) is 4.69. The Hall–Kier alpha value is -2.40. The van der Waals surface area contributed by atoms with Crippen molar-refractivity contribution < 1.29 is 4.79 Å². The lowest BCUT2D eigenvalue weighted by Gasteiger charge is -2.13. The maximum Gasteiger partial charge on any atom is 0.258 e. The third-order valence-electron chi connectivity index (χ3n) is 5.99. The number of carbonyl (C=O) groups is 1. The van der Waals surface area contributed by atoms with Crippen molar-refractivity contribution >= 4 is 34.4 Å². The van der Waals surface area contributed by atoms with E-state index in [4.69, 9.17) is 21.6 Å². The Morgan fingerprint density at radius 2 is 1.97 bits per heavy atom. The first-order chi connectivity index (χ1) is 14.0. The topological polar surface area (TPSA) is 59.8 Å². The fraction of sp³-hybridized carbons (Fsp3) is 0.435. The molecule has 3 heterocycles. The van der Waals surface area contributed by atoms with Crippen LogP contribution in [0.5, 0.6) is 0 Å². The number of hydrogen-bond acceptors (Lipinski definition) is 3. The molecular formula is C23H25ClN4O. The molecule has 2 aliphatic rings. The van der Waals surface area contributed by atoms with Gasteiger partial charge in [-0.3, -0.25) is 4.79 Å². The van der Waals surface area contributed by atoms with Gasteiger partial charge in [-0.25, -0.2) is 9.97 Å². The molecule has 1 aromatic carbocycles. The number of pyridine rings is 1. The van der Waals surface area contributed by atoms with E-state index in [0.717, 1.165) is 66.9 Å². The number of hydrogen-bond donors (Lipinski definition) is 1. The zero-order chi connectivity index (χ0) is 20.1. The lowest BCUT2D eigenvalue weighted by atomic mass is 10.1. The number of anilines is 1. The largest absolute Gasteiger partial charge is 0.320 e. The van der Waals surface area contributed by atoms with E-state index in [0.29, 0.717) is 27.7 Å². The van der Waals surface area contributed by atoms with Crippen molar-refractivity contribution in [2.24, 2.45) is 0 Å². The lowest BCUT2D eigenvalue weighted by molar-refractivity contribution is 0.102. The van der Waals surface area contributed by atoms with Crippen LogP contribution in [0, 0.1) is 13.8 Å². The molecule has 1 aliphatic heterocycles. The van der Waals surface area contributed by atoms with Crippen LogP contribution in [0.25, 0.3) is 11.2 Å². The number of aromatic nitrogens is 3.